The van der Waals surface area contributed by atoms with Crippen LogP contribution in [-0.4, -0.2) is 36.6 Å². The van der Waals surface area contributed by atoms with Gasteiger partial charge in [-0.1, -0.05) is 30.0 Å². The number of rotatable bonds is 6. The van der Waals surface area contributed by atoms with Crippen LogP contribution in [0.4, 0.5) is 0 Å². The van der Waals surface area contributed by atoms with E-state index in [4.69, 9.17) is 5.11 Å². The molecule has 0 spiro atoms. The van der Waals surface area contributed by atoms with E-state index in [2.05, 4.69) is 16.8 Å². The zero-order chi connectivity index (χ0) is 15.5. The van der Waals surface area contributed by atoms with Crippen molar-refractivity contribution >= 4 is 28.4 Å². The van der Waals surface area contributed by atoms with Crippen molar-refractivity contribution < 1.29 is 5.11 Å². The topological polar surface area (TPSA) is 72.4 Å². The fourth-order valence-corrected chi connectivity index (χ4v) is 3.21. The lowest BCUT2D eigenvalue weighted by atomic mass is 10.2. The van der Waals surface area contributed by atoms with E-state index < -0.39 is 0 Å². The lowest BCUT2D eigenvalue weighted by Crippen LogP contribution is -2.22. The van der Waals surface area contributed by atoms with Crippen molar-refractivity contribution in [3.8, 4) is 0 Å². The minimum Gasteiger partial charge on any atom is -0.396 e. The Morgan fingerprint density at radius 3 is 2.91 bits per heavy atom. The van der Waals surface area contributed by atoms with Gasteiger partial charge in [-0.2, -0.15) is 0 Å². The second-order valence-electron chi connectivity index (χ2n) is 4.77. The Morgan fingerprint density at radius 2 is 2.14 bits per heavy atom. The third kappa shape index (κ3) is 2.42. The van der Waals surface area contributed by atoms with Crippen molar-refractivity contribution in [1.82, 2.24) is 19.2 Å². The summed E-state index contributed by atoms with van der Waals surface area (Å²) in [5.41, 5.74) is 0.696. The summed E-state index contributed by atoms with van der Waals surface area (Å²) in [6, 6.07) is 7.43. The normalized spacial score (nSPS) is 11.3. The Balaban J connectivity index is 2.29. The lowest BCUT2D eigenvalue weighted by Gasteiger charge is -2.09. The van der Waals surface area contributed by atoms with E-state index in [0.29, 0.717) is 24.1 Å². The molecule has 0 amide bonds. The monoisotopic (exact) mass is 316 g/mol. The molecule has 3 aromatic rings. The number of nitrogens with zero attached hydrogens (tertiary/aromatic N) is 4. The molecule has 6 nitrogen and oxygen atoms in total. The van der Waals surface area contributed by atoms with Gasteiger partial charge >= 0.3 is 0 Å². The zero-order valence-corrected chi connectivity index (χ0v) is 12.8. The van der Waals surface area contributed by atoms with Crippen LogP contribution < -0.4 is 5.56 Å². The van der Waals surface area contributed by atoms with Gasteiger partial charge in [-0.25, -0.2) is 0 Å². The number of aliphatic hydroxyl groups excluding tert-OH is 1. The number of benzene rings is 1. The molecule has 0 bridgehead atoms. The SMILES string of the molecule is C=CCn1c(=O)c2ccccc2n2c(SCCCO)nnc12. The van der Waals surface area contributed by atoms with Gasteiger partial charge in [0.1, 0.15) is 0 Å². The molecule has 0 fully saturated rings. The van der Waals surface area contributed by atoms with Gasteiger partial charge in [0.05, 0.1) is 10.9 Å². The summed E-state index contributed by atoms with van der Waals surface area (Å²) in [5, 5.41) is 18.6. The van der Waals surface area contributed by atoms with Crippen molar-refractivity contribution in [3.05, 3.63) is 47.3 Å². The number of para-hydroxylation sites is 1. The first kappa shape index (κ1) is 14.8. The van der Waals surface area contributed by atoms with Crippen molar-refractivity contribution in [2.24, 2.45) is 0 Å². The molecule has 0 aliphatic carbocycles. The second kappa shape index (κ2) is 6.33. The number of aromatic nitrogens is 4. The Kier molecular flexibility index (Phi) is 4.26. The molecule has 0 saturated carbocycles. The van der Waals surface area contributed by atoms with Crippen LogP contribution in [-0.2, 0) is 6.54 Å². The molecule has 7 heteroatoms. The third-order valence-corrected chi connectivity index (χ3v) is 4.34. The van der Waals surface area contributed by atoms with Crippen LogP contribution in [0, 0.1) is 0 Å². The number of hydrogen-bond acceptors (Lipinski definition) is 5. The highest BCUT2D eigenvalue weighted by Crippen LogP contribution is 2.21. The molecule has 2 heterocycles. The van der Waals surface area contributed by atoms with Gasteiger partial charge in [0, 0.05) is 18.9 Å². The summed E-state index contributed by atoms with van der Waals surface area (Å²) in [6.45, 7) is 4.23. The Morgan fingerprint density at radius 1 is 1.32 bits per heavy atom. The molecular weight excluding hydrogens is 300 g/mol. The van der Waals surface area contributed by atoms with Crippen LogP contribution in [0.25, 0.3) is 16.7 Å². The number of hydrogen-bond donors (Lipinski definition) is 1. The summed E-state index contributed by atoms with van der Waals surface area (Å²) in [6.07, 6.45) is 2.35. The molecule has 2 aromatic heterocycles. The van der Waals surface area contributed by atoms with Crippen LogP contribution in [0.5, 0.6) is 0 Å². The highest BCUT2D eigenvalue weighted by atomic mass is 32.2. The van der Waals surface area contributed by atoms with Gasteiger partial charge < -0.3 is 5.11 Å². The average Bonchev–Trinajstić information content (AvgIpc) is 2.96. The van der Waals surface area contributed by atoms with E-state index in [0.717, 1.165) is 16.4 Å². The number of thioether (sulfide) groups is 1. The van der Waals surface area contributed by atoms with Gasteiger partial charge in [0.25, 0.3) is 5.56 Å². The first-order valence-corrected chi connectivity index (χ1v) is 7.97. The van der Waals surface area contributed by atoms with Crippen LogP contribution >= 0.6 is 11.8 Å². The molecule has 0 radical (unpaired) electrons. The number of aliphatic hydroxyl groups is 1. The predicted octanol–water partition coefficient (Wildman–Crippen LogP) is 1.70. The molecule has 1 aromatic carbocycles. The molecule has 0 aliphatic heterocycles. The quantitative estimate of drug-likeness (QED) is 0.426. The van der Waals surface area contributed by atoms with Crippen LogP contribution in [0.15, 0.2) is 46.9 Å². The molecule has 1 N–H and O–H groups in total. The maximum Gasteiger partial charge on any atom is 0.263 e. The molecular formula is C15H16N4O2S. The van der Waals surface area contributed by atoms with E-state index in [1.54, 1.807) is 16.7 Å². The van der Waals surface area contributed by atoms with E-state index in [-0.39, 0.29) is 12.2 Å². The van der Waals surface area contributed by atoms with Crippen LogP contribution in [0.3, 0.4) is 0 Å². The summed E-state index contributed by atoms with van der Waals surface area (Å²) in [7, 11) is 0. The largest absolute Gasteiger partial charge is 0.396 e. The maximum atomic E-state index is 12.6. The molecule has 0 aliphatic rings. The Hall–Kier alpha value is -2.12. The molecule has 0 unspecified atom stereocenters. The van der Waals surface area contributed by atoms with E-state index in [1.165, 1.54) is 11.8 Å². The first-order chi connectivity index (χ1) is 10.8. The third-order valence-electron chi connectivity index (χ3n) is 3.32. The lowest BCUT2D eigenvalue weighted by molar-refractivity contribution is 0.296. The Labute approximate surface area is 131 Å². The first-order valence-electron chi connectivity index (χ1n) is 6.99. The van der Waals surface area contributed by atoms with E-state index in [1.807, 2.05) is 22.6 Å². The van der Waals surface area contributed by atoms with Gasteiger partial charge in [-0.05, 0) is 18.6 Å². The van der Waals surface area contributed by atoms with Crippen molar-refractivity contribution in [3.63, 3.8) is 0 Å². The molecule has 22 heavy (non-hydrogen) atoms. The molecule has 3 rings (SSSR count). The maximum absolute atomic E-state index is 12.6. The molecule has 0 saturated heterocycles. The van der Waals surface area contributed by atoms with Crippen molar-refractivity contribution in [2.75, 3.05) is 12.4 Å². The van der Waals surface area contributed by atoms with Crippen LogP contribution in [0.1, 0.15) is 6.42 Å². The molecule has 0 atom stereocenters. The fraction of sp³-hybridized carbons (Fsp3) is 0.267. The molecule has 114 valence electrons. The summed E-state index contributed by atoms with van der Waals surface area (Å²) < 4.78 is 3.46. The fourth-order valence-electron chi connectivity index (χ4n) is 2.35. The van der Waals surface area contributed by atoms with E-state index in [9.17, 15) is 4.79 Å². The van der Waals surface area contributed by atoms with Gasteiger partial charge in [-0.15, -0.1) is 16.8 Å². The number of allylic oxidation sites excluding steroid dienone is 1. The van der Waals surface area contributed by atoms with Crippen molar-refractivity contribution in [1.29, 1.82) is 0 Å². The van der Waals surface area contributed by atoms with Gasteiger partial charge in [0.2, 0.25) is 5.78 Å². The minimum absolute atomic E-state index is 0.0951. The zero-order valence-electron chi connectivity index (χ0n) is 12.0. The highest BCUT2D eigenvalue weighted by Gasteiger charge is 2.15. The second-order valence-corrected chi connectivity index (χ2v) is 5.83. The van der Waals surface area contributed by atoms with Crippen molar-refractivity contribution in [2.45, 2.75) is 18.1 Å². The summed E-state index contributed by atoms with van der Waals surface area (Å²) in [4.78, 5) is 12.6. The minimum atomic E-state index is -0.0951. The Bertz CT molecular complexity index is 884. The average molecular weight is 316 g/mol. The smallest absolute Gasteiger partial charge is 0.263 e. The van der Waals surface area contributed by atoms with E-state index >= 15 is 0 Å². The van der Waals surface area contributed by atoms with Gasteiger partial charge in [0.15, 0.2) is 5.16 Å². The standard InChI is InChI=1S/C15H16N4O2S/c1-2-8-18-13(21)11-6-3-4-7-12(11)19-14(18)16-17-15(19)22-10-5-9-20/h2-4,6-7,20H,1,5,8-10H2. The number of fused-ring (bicyclic) bond motifs is 3. The summed E-state index contributed by atoms with van der Waals surface area (Å²) >= 11 is 1.52. The highest BCUT2D eigenvalue weighted by molar-refractivity contribution is 7.99. The van der Waals surface area contributed by atoms with Gasteiger partial charge in [-0.3, -0.25) is 13.8 Å². The van der Waals surface area contributed by atoms with Crippen LogP contribution in [0.2, 0.25) is 0 Å². The predicted molar refractivity (Wildman–Crippen MR) is 87.4 cm³/mol. The summed E-state index contributed by atoms with van der Waals surface area (Å²) in [5.74, 6) is 1.25.